The van der Waals surface area contributed by atoms with Gasteiger partial charge in [0.1, 0.15) is 4.90 Å². The number of nitrogen functional groups attached to an aromatic ring is 1. The zero-order valence-electron chi connectivity index (χ0n) is 11.8. The molecule has 1 heterocycles. The molecule has 0 aromatic heterocycles. The molecule has 0 aliphatic carbocycles. The molecule has 1 saturated heterocycles. The molecule has 1 aliphatic heterocycles. The van der Waals surface area contributed by atoms with Gasteiger partial charge in [0.15, 0.2) is 0 Å². The van der Waals surface area contributed by atoms with Gasteiger partial charge in [-0.05, 0) is 18.2 Å². The normalized spacial score (nSPS) is 18.9. The summed E-state index contributed by atoms with van der Waals surface area (Å²) in [6, 6.07) is 4.63. The van der Waals surface area contributed by atoms with E-state index < -0.39 is 15.6 Å². The number of halogens is 1. The van der Waals surface area contributed by atoms with E-state index in [9.17, 15) is 13.5 Å². The molecule has 21 heavy (non-hydrogen) atoms. The van der Waals surface area contributed by atoms with Crippen molar-refractivity contribution >= 4 is 31.6 Å². The summed E-state index contributed by atoms with van der Waals surface area (Å²) in [5.74, 6) is 0. The van der Waals surface area contributed by atoms with Crippen LogP contribution in [0.3, 0.4) is 0 Å². The Labute approximate surface area is 133 Å². The van der Waals surface area contributed by atoms with Gasteiger partial charge in [0.05, 0.1) is 11.3 Å². The van der Waals surface area contributed by atoms with Crippen molar-refractivity contribution < 1.29 is 18.3 Å². The molecule has 8 heteroatoms. The summed E-state index contributed by atoms with van der Waals surface area (Å²) in [4.78, 5) is 0.0452. The van der Waals surface area contributed by atoms with Gasteiger partial charge in [-0.2, -0.15) is 4.31 Å². The van der Waals surface area contributed by atoms with Gasteiger partial charge in [0.25, 0.3) is 0 Å². The smallest absolute Gasteiger partial charge is 0.244 e. The standard InChI is InChI=1S/C13H19BrN2O4S/c1-16(9-13(17)4-6-20-7-5-13)21(18,19)12-3-2-10(14)8-11(12)15/h2-3,8,17H,4-7,9,15H2,1H3. The predicted octanol–water partition coefficient (Wildman–Crippen LogP) is 1.19. The Morgan fingerprint density at radius 3 is 2.62 bits per heavy atom. The van der Waals surface area contributed by atoms with Gasteiger partial charge < -0.3 is 15.6 Å². The number of hydrogen-bond donors (Lipinski definition) is 2. The Balaban J connectivity index is 2.22. The van der Waals surface area contributed by atoms with Gasteiger partial charge >= 0.3 is 0 Å². The van der Waals surface area contributed by atoms with E-state index in [1.54, 1.807) is 12.1 Å². The highest BCUT2D eigenvalue weighted by Crippen LogP contribution is 2.28. The van der Waals surface area contributed by atoms with Crippen LogP contribution < -0.4 is 5.73 Å². The van der Waals surface area contributed by atoms with Crippen molar-refractivity contribution in [2.24, 2.45) is 0 Å². The number of rotatable bonds is 4. The van der Waals surface area contributed by atoms with E-state index in [2.05, 4.69) is 15.9 Å². The fourth-order valence-electron chi connectivity index (χ4n) is 2.33. The second kappa shape index (κ2) is 6.21. The molecule has 118 valence electrons. The number of nitrogens with two attached hydrogens (primary N) is 1. The molecule has 0 bridgehead atoms. The molecule has 1 aromatic carbocycles. The molecule has 1 fully saturated rings. The van der Waals surface area contributed by atoms with Crippen LogP contribution in [-0.4, -0.2) is 50.2 Å². The Morgan fingerprint density at radius 2 is 2.05 bits per heavy atom. The maximum atomic E-state index is 12.6. The Bertz CT molecular complexity index is 615. The number of aliphatic hydroxyl groups is 1. The number of likely N-dealkylation sites (N-methyl/N-ethyl adjacent to an activating group) is 1. The summed E-state index contributed by atoms with van der Waals surface area (Å²) in [7, 11) is -2.29. The van der Waals surface area contributed by atoms with Gasteiger partial charge in [0, 0.05) is 44.1 Å². The number of nitrogens with zero attached hydrogens (tertiary/aromatic N) is 1. The summed E-state index contributed by atoms with van der Waals surface area (Å²) in [6.45, 7) is 0.893. The zero-order chi connectivity index (χ0) is 15.7. The maximum Gasteiger partial charge on any atom is 0.244 e. The van der Waals surface area contributed by atoms with Crippen molar-refractivity contribution in [3.05, 3.63) is 22.7 Å². The van der Waals surface area contributed by atoms with Crippen LogP contribution in [0.25, 0.3) is 0 Å². The molecule has 0 saturated carbocycles. The first-order valence-electron chi connectivity index (χ1n) is 6.56. The third-order valence-corrected chi connectivity index (χ3v) is 5.97. The van der Waals surface area contributed by atoms with Gasteiger partial charge in [-0.25, -0.2) is 8.42 Å². The van der Waals surface area contributed by atoms with Crippen LogP contribution in [0.4, 0.5) is 5.69 Å². The first kappa shape index (κ1) is 16.7. The second-order valence-corrected chi connectivity index (χ2v) is 8.21. The molecule has 3 N–H and O–H groups in total. The molecule has 0 atom stereocenters. The van der Waals surface area contributed by atoms with Crippen LogP contribution >= 0.6 is 15.9 Å². The lowest BCUT2D eigenvalue weighted by Crippen LogP contribution is -2.47. The summed E-state index contributed by atoms with van der Waals surface area (Å²) in [5, 5.41) is 10.4. The molecule has 2 rings (SSSR count). The van der Waals surface area contributed by atoms with Crippen LogP contribution in [0.2, 0.25) is 0 Å². The number of hydrogen-bond acceptors (Lipinski definition) is 5. The molecule has 0 amide bonds. The van der Waals surface area contributed by atoms with E-state index in [0.29, 0.717) is 30.5 Å². The van der Waals surface area contributed by atoms with Crippen molar-refractivity contribution in [3.63, 3.8) is 0 Å². The number of sulfonamides is 1. The highest BCUT2D eigenvalue weighted by atomic mass is 79.9. The van der Waals surface area contributed by atoms with E-state index in [1.807, 2.05) is 0 Å². The lowest BCUT2D eigenvalue weighted by atomic mass is 9.95. The predicted molar refractivity (Wildman–Crippen MR) is 83.4 cm³/mol. The van der Waals surface area contributed by atoms with E-state index in [4.69, 9.17) is 10.5 Å². The van der Waals surface area contributed by atoms with Crippen molar-refractivity contribution in [1.82, 2.24) is 4.31 Å². The summed E-state index contributed by atoms with van der Waals surface area (Å²) in [6.07, 6.45) is 0.839. The molecule has 6 nitrogen and oxygen atoms in total. The van der Waals surface area contributed by atoms with Crippen molar-refractivity contribution in [3.8, 4) is 0 Å². The lowest BCUT2D eigenvalue weighted by Gasteiger charge is -2.35. The summed E-state index contributed by atoms with van der Waals surface area (Å²) in [5.41, 5.74) is 4.92. The monoisotopic (exact) mass is 378 g/mol. The highest BCUT2D eigenvalue weighted by molar-refractivity contribution is 9.10. The van der Waals surface area contributed by atoms with Crippen molar-refractivity contribution in [2.45, 2.75) is 23.3 Å². The molecular weight excluding hydrogens is 360 g/mol. The zero-order valence-corrected chi connectivity index (χ0v) is 14.2. The Hall–Kier alpha value is -0.670. The van der Waals surface area contributed by atoms with Crippen LogP contribution in [0, 0.1) is 0 Å². The Kier molecular flexibility index (Phi) is 4.94. The largest absolute Gasteiger partial charge is 0.398 e. The molecule has 1 aromatic rings. The lowest BCUT2D eigenvalue weighted by molar-refractivity contribution is -0.0689. The van der Waals surface area contributed by atoms with E-state index >= 15 is 0 Å². The first-order valence-corrected chi connectivity index (χ1v) is 8.79. The van der Waals surface area contributed by atoms with Gasteiger partial charge in [-0.3, -0.25) is 0 Å². The van der Waals surface area contributed by atoms with Gasteiger partial charge in [-0.1, -0.05) is 15.9 Å². The summed E-state index contributed by atoms with van der Waals surface area (Å²) >= 11 is 3.25. The van der Waals surface area contributed by atoms with Gasteiger partial charge in [-0.15, -0.1) is 0 Å². The number of ether oxygens (including phenoxy) is 1. The minimum absolute atomic E-state index is 0.0220. The van der Waals surface area contributed by atoms with E-state index in [1.165, 1.54) is 13.1 Å². The van der Waals surface area contributed by atoms with Crippen LogP contribution in [0.15, 0.2) is 27.6 Å². The highest BCUT2D eigenvalue weighted by Gasteiger charge is 2.35. The molecule has 0 spiro atoms. The van der Waals surface area contributed by atoms with E-state index in [0.717, 1.165) is 4.31 Å². The van der Waals surface area contributed by atoms with Gasteiger partial charge in [0.2, 0.25) is 10.0 Å². The SMILES string of the molecule is CN(CC1(O)CCOCC1)S(=O)(=O)c1ccc(Br)cc1N. The minimum Gasteiger partial charge on any atom is -0.398 e. The first-order chi connectivity index (χ1) is 9.74. The maximum absolute atomic E-state index is 12.6. The van der Waals surface area contributed by atoms with Crippen LogP contribution in [0.5, 0.6) is 0 Å². The molecular formula is C13H19BrN2O4S. The average Bonchev–Trinajstić information content (AvgIpc) is 2.38. The number of anilines is 1. The minimum atomic E-state index is -3.74. The third kappa shape index (κ3) is 3.75. The third-order valence-electron chi connectivity index (χ3n) is 3.60. The van der Waals surface area contributed by atoms with E-state index in [-0.39, 0.29) is 17.1 Å². The fourth-order valence-corrected chi connectivity index (χ4v) is 4.05. The van der Waals surface area contributed by atoms with Crippen LogP contribution in [-0.2, 0) is 14.8 Å². The average molecular weight is 379 g/mol. The van der Waals surface area contributed by atoms with Crippen LogP contribution in [0.1, 0.15) is 12.8 Å². The van der Waals surface area contributed by atoms with Crippen molar-refractivity contribution in [1.29, 1.82) is 0 Å². The molecule has 0 unspecified atom stereocenters. The quantitative estimate of drug-likeness (QED) is 0.767. The topological polar surface area (TPSA) is 92.9 Å². The summed E-state index contributed by atoms with van der Waals surface area (Å²) < 4.78 is 32.2. The number of benzene rings is 1. The van der Waals surface area contributed by atoms with Crippen molar-refractivity contribution in [2.75, 3.05) is 32.5 Å². The fraction of sp³-hybridized carbons (Fsp3) is 0.538. The second-order valence-electron chi connectivity index (χ2n) is 5.28. The molecule has 0 radical (unpaired) electrons. The Morgan fingerprint density at radius 1 is 1.43 bits per heavy atom. The molecule has 1 aliphatic rings.